The SMILES string of the molecule is Cc1ccc([S+](c2ccc(S(=O)(=O)c3cccc4ccccc34)cc2)c2ccc(S(=O)(=O)c3cccc4ccccc34)cc2)cc1. The van der Waals surface area contributed by atoms with Crippen molar-refractivity contribution in [2.24, 2.45) is 0 Å². The molecule has 46 heavy (non-hydrogen) atoms. The predicted octanol–water partition coefficient (Wildman–Crippen LogP) is 9.06. The van der Waals surface area contributed by atoms with Crippen LogP contribution < -0.4 is 0 Å². The molecule has 7 rings (SSSR count). The first kappa shape index (κ1) is 30.0. The highest BCUT2D eigenvalue weighted by Crippen LogP contribution is 2.35. The van der Waals surface area contributed by atoms with Crippen LogP contribution in [0.2, 0.25) is 0 Å². The van der Waals surface area contributed by atoms with E-state index in [9.17, 15) is 16.8 Å². The predicted molar refractivity (Wildman–Crippen MR) is 185 cm³/mol. The molecule has 0 aliphatic rings. The molecule has 0 saturated heterocycles. The molecule has 0 spiro atoms. The van der Waals surface area contributed by atoms with E-state index < -0.39 is 30.6 Å². The molecule has 0 saturated carbocycles. The zero-order valence-corrected chi connectivity index (χ0v) is 27.3. The van der Waals surface area contributed by atoms with E-state index in [0.29, 0.717) is 10.8 Å². The van der Waals surface area contributed by atoms with E-state index in [0.717, 1.165) is 31.0 Å². The maximum atomic E-state index is 13.8. The summed E-state index contributed by atoms with van der Waals surface area (Å²) in [7, 11) is -8.16. The number of rotatable bonds is 7. The van der Waals surface area contributed by atoms with Gasteiger partial charge in [0.15, 0.2) is 14.7 Å². The molecular formula is C39H29O4S3+. The van der Waals surface area contributed by atoms with Crippen LogP contribution in [0.5, 0.6) is 0 Å². The van der Waals surface area contributed by atoms with Gasteiger partial charge in [0.1, 0.15) is 0 Å². The van der Waals surface area contributed by atoms with Crippen molar-refractivity contribution in [1.29, 1.82) is 0 Å². The number of sulfone groups is 2. The van der Waals surface area contributed by atoms with E-state index in [1.807, 2.05) is 104 Å². The fourth-order valence-electron chi connectivity index (χ4n) is 5.71. The zero-order valence-electron chi connectivity index (χ0n) is 24.9. The van der Waals surface area contributed by atoms with Gasteiger partial charge in [0, 0.05) is 10.8 Å². The number of fused-ring (bicyclic) bond motifs is 2. The van der Waals surface area contributed by atoms with Gasteiger partial charge < -0.3 is 0 Å². The van der Waals surface area contributed by atoms with Crippen LogP contribution in [0, 0.1) is 6.92 Å². The lowest BCUT2D eigenvalue weighted by molar-refractivity contribution is 0.595. The molecule has 7 heteroatoms. The molecule has 0 fully saturated rings. The first-order valence-corrected chi connectivity index (χ1v) is 18.9. The summed E-state index contributed by atoms with van der Waals surface area (Å²) in [6, 6.07) is 47.9. The number of aryl methyl sites for hydroxylation is 1. The first-order chi connectivity index (χ1) is 22.2. The fourth-order valence-corrected chi connectivity index (χ4v) is 10.7. The lowest BCUT2D eigenvalue weighted by Crippen LogP contribution is -2.08. The maximum absolute atomic E-state index is 13.8. The summed E-state index contributed by atoms with van der Waals surface area (Å²) in [4.78, 5) is 3.88. The molecule has 0 unspecified atom stereocenters. The van der Waals surface area contributed by atoms with Gasteiger partial charge in [-0.3, -0.25) is 0 Å². The Labute approximate surface area is 272 Å². The van der Waals surface area contributed by atoms with Crippen LogP contribution in [0.15, 0.2) is 192 Å². The summed E-state index contributed by atoms with van der Waals surface area (Å²) in [6.07, 6.45) is 0. The molecule has 7 aromatic rings. The average molecular weight is 658 g/mol. The molecule has 0 aromatic heterocycles. The van der Waals surface area contributed by atoms with Crippen molar-refractivity contribution in [3.8, 4) is 0 Å². The Morgan fingerprint density at radius 1 is 0.391 bits per heavy atom. The lowest BCUT2D eigenvalue weighted by atomic mass is 10.1. The highest BCUT2D eigenvalue weighted by molar-refractivity contribution is 7.97. The Bertz CT molecular complexity index is 2270. The number of benzene rings is 7. The van der Waals surface area contributed by atoms with E-state index in [1.165, 1.54) is 0 Å². The Balaban J connectivity index is 1.27. The summed E-state index contributed by atoms with van der Waals surface area (Å²) >= 11 is 0. The molecular weight excluding hydrogens is 629 g/mol. The van der Waals surface area contributed by atoms with Gasteiger partial charge in [0.2, 0.25) is 19.7 Å². The molecule has 4 nitrogen and oxygen atoms in total. The monoisotopic (exact) mass is 657 g/mol. The van der Waals surface area contributed by atoms with Gasteiger partial charge in [-0.25, -0.2) is 16.8 Å². The van der Waals surface area contributed by atoms with E-state index in [-0.39, 0.29) is 19.6 Å². The molecule has 0 bridgehead atoms. The largest absolute Gasteiger partial charge is 0.218 e. The van der Waals surface area contributed by atoms with Crippen LogP contribution in [0.4, 0.5) is 0 Å². The summed E-state index contributed by atoms with van der Waals surface area (Å²) in [6.45, 7) is 2.03. The number of hydrogen-bond donors (Lipinski definition) is 0. The van der Waals surface area contributed by atoms with Crippen molar-refractivity contribution < 1.29 is 16.8 Å². The Kier molecular flexibility index (Phi) is 7.77. The molecule has 226 valence electrons. The van der Waals surface area contributed by atoms with Gasteiger partial charge in [0.25, 0.3) is 0 Å². The molecule has 0 aliphatic heterocycles. The quantitative estimate of drug-likeness (QED) is 0.160. The summed E-state index contributed by atoms with van der Waals surface area (Å²) in [5.74, 6) is 0. The van der Waals surface area contributed by atoms with Crippen molar-refractivity contribution in [2.75, 3.05) is 0 Å². The topological polar surface area (TPSA) is 68.3 Å². The summed E-state index contributed by atoms with van der Waals surface area (Å²) in [5, 5.41) is 3.11. The van der Waals surface area contributed by atoms with E-state index in [4.69, 9.17) is 0 Å². The average Bonchev–Trinajstić information content (AvgIpc) is 3.09. The Morgan fingerprint density at radius 3 is 1.15 bits per heavy atom. The highest BCUT2D eigenvalue weighted by Gasteiger charge is 2.31. The molecule has 0 amide bonds. The molecule has 0 radical (unpaired) electrons. The molecule has 7 aromatic carbocycles. The lowest BCUT2D eigenvalue weighted by Gasteiger charge is -2.12. The smallest absolute Gasteiger partial charge is 0.207 e. The second-order valence-electron chi connectivity index (χ2n) is 11.0. The van der Waals surface area contributed by atoms with Crippen molar-refractivity contribution >= 4 is 52.1 Å². The number of hydrogen-bond acceptors (Lipinski definition) is 4. The highest BCUT2D eigenvalue weighted by atomic mass is 32.2. The van der Waals surface area contributed by atoms with Crippen LogP contribution in [0.3, 0.4) is 0 Å². The maximum Gasteiger partial charge on any atom is 0.207 e. The minimum atomic E-state index is -3.77. The second-order valence-corrected chi connectivity index (χ2v) is 16.9. The van der Waals surface area contributed by atoms with Crippen LogP contribution >= 0.6 is 0 Å². The van der Waals surface area contributed by atoms with Crippen LogP contribution in [-0.2, 0) is 30.6 Å². The fraction of sp³-hybridized carbons (Fsp3) is 0.0256. The Hall–Kier alpha value is -4.69. The molecule has 0 heterocycles. The standard InChI is InChI=1S/C39H29O4S3/c1-28-16-18-31(19-17-28)44(32-20-24-34(25-21-32)45(40,41)38-14-6-10-29-8-2-4-12-36(29)38)33-22-26-35(27-23-33)46(42,43)39-15-7-11-30-9-3-5-13-37(30)39/h2-27H,1H3/q+1. The van der Waals surface area contributed by atoms with Gasteiger partial charge in [0.05, 0.1) is 30.5 Å². The molecule has 0 N–H and O–H groups in total. The minimum Gasteiger partial charge on any atom is -0.218 e. The van der Waals surface area contributed by atoms with Crippen molar-refractivity contribution in [3.05, 3.63) is 163 Å². The van der Waals surface area contributed by atoms with Crippen molar-refractivity contribution in [1.82, 2.24) is 0 Å². The van der Waals surface area contributed by atoms with Crippen molar-refractivity contribution in [2.45, 2.75) is 41.2 Å². The van der Waals surface area contributed by atoms with Gasteiger partial charge in [-0.2, -0.15) is 0 Å². The third kappa shape index (κ3) is 5.41. The zero-order chi connectivity index (χ0) is 31.9. The molecule has 0 aliphatic carbocycles. The molecule has 0 atom stereocenters. The first-order valence-electron chi connectivity index (χ1n) is 14.7. The van der Waals surface area contributed by atoms with Gasteiger partial charge in [-0.05, 0) is 90.5 Å². The van der Waals surface area contributed by atoms with Crippen LogP contribution in [0.1, 0.15) is 5.56 Å². The van der Waals surface area contributed by atoms with Gasteiger partial charge in [-0.15, -0.1) is 0 Å². The van der Waals surface area contributed by atoms with E-state index >= 15 is 0 Å². The minimum absolute atomic E-state index is 0.219. The third-order valence-corrected chi connectivity index (χ3v) is 14.0. The van der Waals surface area contributed by atoms with E-state index in [2.05, 4.69) is 12.1 Å². The van der Waals surface area contributed by atoms with Crippen molar-refractivity contribution in [3.63, 3.8) is 0 Å². The van der Waals surface area contributed by atoms with Gasteiger partial charge in [-0.1, -0.05) is 90.5 Å². The third-order valence-electron chi connectivity index (χ3n) is 8.07. The summed E-state index contributed by atoms with van der Waals surface area (Å²) in [5.41, 5.74) is 1.13. The summed E-state index contributed by atoms with van der Waals surface area (Å²) < 4.78 is 55.1. The normalized spacial score (nSPS) is 12.1. The second kappa shape index (κ2) is 11.9. The van der Waals surface area contributed by atoms with Crippen LogP contribution in [0.25, 0.3) is 21.5 Å². The van der Waals surface area contributed by atoms with Gasteiger partial charge >= 0.3 is 0 Å². The Morgan fingerprint density at radius 2 is 0.739 bits per heavy atom. The van der Waals surface area contributed by atoms with Crippen LogP contribution in [-0.4, -0.2) is 16.8 Å². The van der Waals surface area contributed by atoms with E-state index in [1.54, 1.807) is 48.5 Å².